The van der Waals surface area contributed by atoms with Gasteiger partial charge in [-0.1, -0.05) is 29.8 Å². The summed E-state index contributed by atoms with van der Waals surface area (Å²) in [6, 6.07) is 11.8. The van der Waals surface area contributed by atoms with Crippen LogP contribution in [0.3, 0.4) is 0 Å². The molecule has 138 valence electrons. The Morgan fingerprint density at radius 3 is 2.62 bits per heavy atom. The first-order valence-electron chi connectivity index (χ1n) is 8.03. The Bertz CT molecular complexity index is 801. The number of carbonyl (C=O) groups excluding carboxylic acids is 2. The number of halogens is 2. The highest BCUT2D eigenvalue weighted by molar-refractivity contribution is 9.10. The fourth-order valence-corrected chi connectivity index (χ4v) is 3.40. The maximum absolute atomic E-state index is 12.7. The van der Waals surface area contributed by atoms with Crippen LogP contribution >= 0.6 is 39.3 Å². The molecule has 2 aromatic rings. The molecule has 2 amide bonds. The van der Waals surface area contributed by atoms with Crippen LogP contribution in [-0.2, 0) is 4.79 Å². The normalized spacial score (nSPS) is 11.7. The number of nitrogens with one attached hydrogen (secondary N) is 2. The van der Waals surface area contributed by atoms with E-state index in [9.17, 15) is 9.59 Å². The van der Waals surface area contributed by atoms with E-state index in [1.165, 1.54) is 0 Å². The predicted molar refractivity (Wildman–Crippen MR) is 113 cm³/mol. The molecule has 1 unspecified atom stereocenters. The first-order valence-corrected chi connectivity index (χ1v) is 10.6. The van der Waals surface area contributed by atoms with Crippen molar-refractivity contribution in [2.24, 2.45) is 0 Å². The number of amides is 2. The van der Waals surface area contributed by atoms with E-state index in [2.05, 4.69) is 26.6 Å². The SMILES string of the molecule is CSCCC(NC(=O)c1ccccc1Br)C(=O)Nc1ccc(C)c(Cl)c1. The molecule has 0 heterocycles. The number of thioether (sulfide) groups is 1. The summed E-state index contributed by atoms with van der Waals surface area (Å²) in [6.07, 6.45) is 2.49. The molecule has 0 spiro atoms. The van der Waals surface area contributed by atoms with E-state index in [0.29, 0.717) is 27.2 Å². The maximum atomic E-state index is 12.7. The van der Waals surface area contributed by atoms with Gasteiger partial charge >= 0.3 is 0 Å². The van der Waals surface area contributed by atoms with Gasteiger partial charge in [0.1, 0.15) is 6.04 Å². The van der Waals surface area contributed by atoms with Crippen LogP contribution < -0.4 is 10.6 Å². The van der Waals surface area contributed by atoms with E-state index in [1.807, 2.05) is 25.3 Å². The molecule has 4 nitrogen and oxygen atoms in total. The van der Waals surface area contributed by atoms with E-state index in [4.69, 9.17) is 11.6 Å². The Balaban J connectivity index is 2.12. The molecule has 2 rings (SSSR count). The highest BCUT2D eigenvalue weighted by atomic mass is 79.9. The van der Waals surface area contributed by atoms with Crippen LogP contribution in [0.15, 0.2) is 46.9 Å². The standard InChI is InChI=1S/C19H20BrClN2O2S/c1-12-7-8-13(11-16(12)21)22-19(25)17(9-10-26-2)23-18(24)14-5-3-4-6-15(14)20/h3-8,11,17H,9-10H2,1-2H3,(H,22,25)(H,23,24). The maximum Gasteiger partial charge on any atom is 0.253 e. The van der Waals surface area contributed by atoms with Gasteiger partial charge in [-0.2, -0.15) is 11.8 Å². The van der Waals surface area contributed by atoms with Crippen LogP contribution in [-0.4, -0.2) is 29.9 Å². The molecule has 0 aromatic heterocycles. The average molecular weight is 456 g/mol. The smallest absolute Gasteiger partial charge is 0.253 e. The van der Waals surface area contributed by atoms with Gasteiger partial charge in [-0.15, -0.1) is 0 Å². The van der Waals surface area contributed by atoms with Crippen LogP contribution in [0.1, 0.15) is 22.3 Å². The third kappa shape index (κ3) is 5.76. The predicted octanol–water partition coefficient (Wildman–Crippen LogP) is 4.90. The van der Waals surface area contributed by atoms with E-state index in [1.54, 1.807) is 42.1 Å². The molecule has 2 N–H and O–H groups in total. The topological polar surface area (TPSA) is 58.2 Å². The van der Waals surface area contributed by atoms with Gasteiger partial charge in [0.25, 0.3) is 5.91 Å². The molecule has 0 aliphatic heterocycles. The monoisotopic (exact) mass is 454 g/mol. The van der Waals surface area contributed by atoms with Crippen molar-refractivity contribution in [3.05, 3.63) is 63.1 Å². The van der Waals surface area contributed by atoms with E-state index in [0.717, 1.165) is 11.3 Å². The first-order chi connectivity index (χ1) is 12.4. The summed E-state index contributed by atoms with van der Waals surface area (Å²) < 4.78 is 0.687. The molecule has 0 bridgehead atoms. The second kappa shape index (κ2) is 10.00. The molecule has 1 atom stereocenters. The molecule has 0 saturated heterocycles. The van der Waals surface area contributed by atoms with Crippen molar-refractivity contribution in [2.45, 2.75) is 19.4 Å². The number of benzene rings is 2. The fraction of sp³-hybridized carbons (Fsp3) is 0.263. The second-order valence-electron chi connectivity index (χ2n) is 5.74. The molecule has 0 fully saturated rings. The lowest BCUT2D eigenvalue weighted by Crippen LogP contribution is -2.44. The Kier molecular flexibility index (Phi) is 8.00. The number of anilines is 1. The first kappa shape index (κ1) is 20.8. The van der Waals surface area contributed by atoms with Gasteiger partial charge in [0, 0.05) is 15.2 Å². The minimum Gasteiger partial charge on any atom is -0.340 e. The summed E-state index contributed by atoms with van der Waals surface area (Å²) in [5, 5.41) is 6.24. The lowest BCUT2D eigenvalue weighted by Gasteiger charge is -2.19. The Morgan fingerprint density at radius 2 is 1.96 bits per heavy atom. The average Bonchev–Trinajstić information content (AvgIpc) is 2.61. The van der Waals surface area contributed by atoms with Crippen LogP contribution in [0.25, 0.3) is 0 Å². The summed E-state index contributed by atoms with van der Waals surface area (Å²) in [5.74, 6) is 0.197. The zero-order valence-electron chi connectivity index (χ0n) is 14.5. The number of aryl methyl sites for hydroxylation is 1. The number of hydrogen-bond donors (Lipinski definition) is 2. The summed E-state index contributed by atoms with van der Waals surface area (Å²) in [4.78, 5) is 25.2. The molecule has 26 heavy (non-hydrogen) atoms. The molecular formula is C19H20BrClN2O2S. The minimum absolute atomic E-state index is 0.264. The van der Waals surface area contributed by atoms with Crippen LogP contribution in [0.4, 0.5) is 5.69 Å². The van der Waals surface area contributed by atoms with Gasteiger partial charge in [-0.05, 0) is 71.1 Å². The number of carbonyl (C=O) groups is 2. The van der Waals surface area contributed by atoms with Crippen molar-refractivity contribution in [3.8, 4) is 0 Å². The van der Waals surface area contributed by atoms with Crippen molar-refractivity contribution >= 4 is 56.8 Å². The lowest BCUT2D eigenvalue weighted by atomic mass is 10.1. The van der Waals surface area contributed by atoms with Crippen LogP contribution in [0, 0.1) is 6.92 Å². The summed E-state index contributed by atoms with van der Waals surface area (Å²) >= 11 is 11.1. The Morgan fingerprint density at radius 1 is 1.23 bits per heavy atom. The third-order valence-electron chi connectivity index (χ3n) is 3.79. The third-order valence-corrected chi connectivity index (χ3v) is 5.53. The highest BCUT2D eigenvalue weighted by Gasteiger charge is 2.22. The molecule has 7 heteroatoms. The van der Waals surface area contributed by atoms with Gasteiger partial charge in [-0.3, -0.25) is 9.59 Å². The van der Waals surface area contributed by atoms with Crippen molar-refractivity contribution < 1.29 is 9.59 Å². The van der Waals surface area contributed by atoms with Crippen molar-refractivity contribution in [3.63, 3.8) is 0 Å². The fourth-order valence-electron chi connectivity index (χ4n) is 2.29. The van der Waals surface area contributed by atoms with Crippen LogP contribution in [0.2, 0.25) is 5.02 Å². The van der Waals surface area contributed by atoms with Gasteiger partial charge in [0.2, 0.25) is 5.91 Å². The lowest BCUT2D eigenvalue weighted by molar-refractivity contribution is -0.118. The van der Waals surface area contributed by atoms with Crippen molar-refractivity contribution in [2.75, 3.05) is 17.3 Å². The van der Waals surface area contributed by atoms with Crippen LogP contribution in [0.5, 0.6) is 0 Å². The molecule has 2 aromatic carbocycles. The summed E-state index contributed by atoms with van der Waals surface area (Å²) in [7, 11) is 0. The molecule has 0 radical (unpaired) electrons. The number of hydrogen-bond acceptors (Lipinski definition) is 3. The quantitative estimate of drug-likeness (QED) is 0.624. The van der Waals surface area contributed by atoms with Gasteiger partial charge in [-0.25, -0.2) is 0 Å². The minimum atomic E-state index is -0.637. The second-order valence-corrected chi connectivity index (χ2v) is 7.99. The van der Waals surface area contributed by atoms with Crippen molar-refractivity contribution in [1.29, 1.82) is 0 Å². The van der Waals surface area contributed by atoms with Gasteiger partial charge in [0.15, 0.2) is 0 Å². The molecule has 0 aliphatic rings. The Labute approximate surface area is 171 Å². The number of rotatable bonds is 7. The largest absolute Gasteiger partial charge is 0.340 e. The molecular weight excluding hydrogens is 436 g/mol. The Hall–Kier alpha value is -1.50. The summed E-state index contributed by atoms with van der Waals surface area (Å²) in [5.41, 5.74) is 2.04. The van der Waals surface area contributed by atoms with Gasteiger partial charge < -0.3 is 10.6 Å². The molecule has 0 saturated carbocycles. The molecule has 0 aliphatic carbocycles. The van der Waals surface area contributed by atoms with E-state index >= 15 is 0 Å². The van der Waals surface area contributed by atoms with Crippen molar-refractivity contribution in [1.82, 2.24) is 5.32 Å². The zero-order valence-corrected chi connectivity index (χ0v) is 17.7. The highest BCUT2D eigenvalue weighted by Crippen LogP contribution is 2.21. The van der Waals surface area contributed by atoms with Gasteiger partial charge in [0.05, 0.1) is 5.56 Å². The zero-order chi connectivity index (χ0) is 19.1. The van der Waals surface area contributed by atoms with E-state index < -0.39 is 6.04 Å². The summed E-state index contributed by atoms with van der Waals surface area (Å²) in [6.45, 7) is 1.90. The van der Waals surface area contributed by atoms with E-state index in [-0.39, 0.29) is 11.8 Å².